The molecule has 0 atom stereocenters. The highest BCUT2D eigenvalue weighted by Gasteiger charge is 2.38. The number of rotatable bonds is 0. The molecule has 2 saturated carbocycles. The van der Waals surface area contributed by atoms with Crippen LogP contribution in [0.25, 0.3) is 0 Å². The molecule has 1 spiro atoms. The van der Waals surface area contributed by atoms with Crippen molar-refractivity contribution < 1.29 is 0 Å². The first-order valence-electron chi connectivity index (χ1n) is 7.65. The molecule has 16 heavy (non-hydrogen) atoms. The lowest BCUT2D eigenvalue weighted by Crippen LogP contribution is -2.24. The maximum atomic E-state index is 2.17. The highest BCUT2D eigenvalue weighted by Crippen LogP contribution is 2.52. The number of hydrogen-bond acceptors (Lipinski definition) is 0. The maximum absolute atomic E-state index is 2.17. The summed E-state index contributed by atoms with van der Waals surface area (Å²) in [4.78, 5) is 0. The van der Waals surface area contributed by atoms with Gasteiger partial charge in [-0.2, -0.15) is 0 Å². The Morgan fingerprint density at radius 1 is 0.625 bits per heavy atom. The third-order valence-electron chi connectivity index (χ3n) is 3.08. The Morgan fingerprint density at radius 3 is 1.00 bits per heavy atom. The molecule has 2 fully saturated rings. The quantitative estimate of drug-likeness (QED) is 0.447. The van der Waals surface area contributed by atoms with Crippen LogP contribution < -0.4 is 0 Å². The van der Waals surface area contributed by atoms with Gasteiger partial charge in [0.1, 0.15) is 0 Å². The van der Waals surface area contributed by atoms with Crippen molar-refractivity contribution in [2.75, 3.05) is 0 Å². The molecule has 100 valence electrons. The average Bonchev–Trinajstić information content (AvgIpc) is 2.71. The minimum absolute atomic E-state index is 0.833. The molecule has 0 bridgehead atoms. The standard InChI is InChI=1S/C8H14.C4H10.2C2H6/c1-2-5-8(4-1)6-3-7-8;1-4(2)3;2*1-2/h1-7H2;4H,1-3H3;2*1-2H3. The van der Waals surface area contributed by atoms with Crippen LogP contribution in [-0.2, 0) is 0 Å². The predicted molar refractivity (Wildman–Crippen MR) is 78.0 cm³/mol. The largest absolute Gasteiger partial charge is 0.0683 e. The van der Waals surface area contributed by atoms with Gasteiger partial charge in [0.2, 0.25) is 0 Å². The van der Waals surface area contributed by atoms with E-state index in [1.54, 1.807) is 25.7 Å². The van der Waals surface area contributed by atoms with Gasteiger partial charge in [-0.15, -0.1) is 0 Å². The molecule has 0 nitrogen and oxygen atoms in total. The first kappa shape index (κ1) is 18.4. The van der Waals surface area contributed by atoms with Crippen LogP contribution in [0.5, 0.6) is 0 Å². The van der Waals surface area contributed by atoms with Gasteiger partial charge < -0.3 is 0 Å². The van der Waals surface area contributed by atoms with Gasteiger partial charge in [0.05, 0.1) is 0 Å². The Kier molecular flexibility index (Phi) is 13.2. The van der Waals surface area contributed by atoms with Gasteiger partial charge in [0, 0.05) is 0 Å². The van der Waals surface area contributed by atoms with Crippen molar-refractivity contribution in [1.82, 2.24) is 0 Å². The second-order valence-electron chi connectivity index (χ2n) is 5.29. The zero-order valence-electron chi connectivity index (χ0n) is 13.0. The zero-order valence-corrected chi connectivity index (χ0v) is 13.0. The highest BCUT2D eigenvalue weighted by molar-refractivity contribution is 4.90. The summed E-state index contributed by atoms with van der Waals surface area (Å²) >= 11 is 0. The van der Waals surface area contributed by atoms with E-state index in [0.717, 1.165) is 11.3 Å². The fourth-order valence-corrected chi connectivity index (χ4v) is 2.30. The van der Waals surface area contributed by atoms with Crippen molar-refractivity contribution >= 4 is 0 Å². The van der Waals surface area contributed by atoms with Crippen LogP contribution in [0.15, 0.2) is 0 Å². The van der Waals surface area contributed by atoms with Crippen molar-refractivity contribution in [3.63, 3.8) is 0 Å². The van der Waals surface area contributed by atoms with E-state index in [9.17, 15) is 0 Å². The summed E-state index contributed by atoms with van der Waals surface area (Å²) in [5.41, 5.74) is 0.917. The SMILES string of the molecule is C1CCC2(C1)CCC2.CC.CC.CC(C)C. The van der Waals surface area contributed by atoms with Crippen molar-refractivity contribution in [2.24, 2.45) is 11.3 Å². The van der Waals surface area contributed by atoms with E-state index < -0.39 is 0 Å². The molecular weight excluding hydrogens is 192 g/mol. The summed E-state index contributed by atoms with van der Waals surface area (Å²) < 4.78 is 0. The van der Waals surface area contributed by atoms with E-state index in [1.807, 2.05) is 27.7 Å². The second kappa shape index (κ2) is 11.5. The summed E-state index contributed by atoms with van der Waals surface area (Å²) in [5.74, 6) is 0.833. The summed E-state index contributed by atoms with van der Waals surface area (Å²) in [5, 5.41) is 0. The predicted octanol–water partition coefficient (Wildman–Crippen LogP) is 6.45. The van der Waals surface area contributed by atoms with Gasteiger partial charge in [0.25, 0.3) is 0 Å². The Labute approximate surface area is 105 Å². The summed E-state index contributed by atoms with van der Waals surface area (Å²) in [6, 6.07) is 0. The molecule has 0 radical (unpaired) electrons. The molecule has 0 unspecified atom stereocenters. The smallest absolute Gasteiger partial charge is 0.0297 e. The second-order valence-corrected chi connectivity index (χ2v) is 5.29. The Bertz CT molecular complexity index is 109. The van der Waals surface area contributed by atoms with Crippen molar-refractivity contribution in [3.8, 4) is 0 Å². The molecule has 0 heterocycles. The Hall–Kier alpha value is 0. The van der Waals surface area contributed by atoms with E-state index in [0.29, 0.717) is 0 Å². The molecule has 0 amide bonds. The fraction of sp³-hybridized carbons (Fsp3) is 1.00. The normalized spacial score (nSPS) is 19.5. The molecule has 2 rings (SSSR count). The van der Waals surface area contributed by atoms with E-state index in [4.69, 9.17) is 0 Å². The van der Waals surface area contributed by atoms with Gasteiger partial charge >= 0.3 is 0 Å². The fourth-order valence-electron chi connectivity index (χ4n) is 2.30. The summed E-state index contributed by atoms with van der Waals surface area (Å²) in [7, 11) is 0. The van der Waals surface area contributed by atoms with Crippen LogP contribution >= 0.6 is 0 Å². The average molecular weight is 228 g/mol. The van der Waals surface area contributed by atoms with Crippen LogP contribution in [0.4, 0.5) is 0 Å². The van der Waals surface area contributed by atoms with Gasteiger partial charge in [-0.05, 0) is 37.0 Å². The molecule has 2 aliphatic rings. The molecule has 2 aliphatic carbocycles. The molecule has 0 N–H and O–H groups in total. The Balaban J connectivity index is 0. The van der Waals surface area contributed by atoms with Gasteiger partial charge in [-0.25, -0.2) is 0 Å². The van der Waals surface area contributed by atoms with Crippen LogP contribution in [0, 0.1) is 11.3 Å². The molecule has 0 aromatic heterocycles. The van der Waals surface area contributed by atoms with Crippen LogP contribution in [-0.4, -0.2) is 0 Å². The summed E-state index contributed by atoms with van der Waals surface area (Å²) in [6.45, 7) is 14.5. The molecule has 0 aliphatic heterocycles. The third kappa shape index (κ3) is 8.19. The highest BCUT2D eigenvalue weighted by atomic mass is 14.4. The molecule has 0 heteroatoms. The summed E-state index contributed by atoms with van der Waals surface area (Å²) in [6.07, 6.45) is 10.8. The van der Waals surface area contributed by atoms with E-state index >= 15 is 0 Å². The minimum Gasteiger partial charge on any atom is -0.0683 e. The van der Waals surface area contributed by atoms with E-state index in [-0.39, 0.29) is 0 Å². The Morgan fingerprint density at radius 2 is 0.875 bits per heavy atom. The van der Waals surface area contributed by atoms with Gasteiger partial charge in [0.15, 0.2) is 0 Å². The van der Waals surface area contributed by atoms with Crippen LogP contribution in [0.1, 0.15) is 93.4 Å². The van der Waals surface area contributed by atoms with Crippen LogP contribution in [0.3, 0.4) is 0 Å². The van der Waals surface area contributed by atoms with Crippen molar-refractivity contribution in [2.45, 2.75) is 93.4 Å². The molecule has 0 aromatic carbocycles. The van der Waals surface area contributed by atoms with Crippen LogP contribution in [0.2, 0.25) is 0 Å². The number of hydrogen-bond donors (Lipinski definition) is 0. The van der Waals surface area contributed by atoms with Crippen molar-refractivity contribution in [1.29, 1.82) is 0 Å². The maximum Gasteiger partial charge on any atom is -0.0297 e. The molecular formula is C16H36. The zero-order chi connectivity index (χ0) is 13.0. The lowest BCUT2D eigenvalue weighted by atomic mass is 9.68. The van der Waals surface area contributed by atoms with Gasteiger partial charge in [-0.1, -0.05) is 67.7 Å². The lowest BCUT2D eigenvalue weighted by Gasteiger charge is -2.38. The van der Waals surface area contributed by atoms with E-state index in [2.05, 4.69) is 20.8 Å². The van der Waals surface area contributed by atoms with Crippen molar-refractivity contribution in [3.05, 3.63) is 0 Å². The van der Waals surface area contributed by atoms with Gasteiger partial charge in [-0.3, -0.25) is 0 Å². The topological polar surface area (TPSA) is 0 Å². The lowest BCUT2D eigenvalue weighted by molar-refractivity contribution is 0.144. The third-order valence-corrected chi connectivity index (χ3v) is 3.08. The first-order valence-corrected chi connectivity index (χ1v) is 7.65. The monoisotopic (exact) mass is 228 g/mol. The first-order chi connectivity index (χ1) is 7.65. The molecule has 0 saturated heterocycles. The van der Waals surface area contributed by atoms with E-state index in [1.165, 1.54) is 19.3 Å². The molecule has 0 aromatic rings. The minimum atomic E-state index is 0.833.